The molecule has 1 heterocycles. The van der Waals surface area contributed by atoms with Crippen LogP contribution in [0, 0.1) is 12.8 Å². The highest BCUT2D eigenvalue weighted by Crippen LogP contribution is 2.26. The molecule has 0 aliphatic rings. The number of rotatable bonds is 7. The van der Waals surface area contributed by atoms with Gasteiger partial charge in [-0.3, -0.25) is 4.79 Å². The van der Waals surface area contributed by atoms with Crippen molar-refractivity contribution in [3.05, 3.63) is 70.3 Å². The quantitative estimate of drug-likeness (QED) is 0.366. The highest BCUT2D eigenvalue weighted by molar-refractivity contribution is 9.10. The minimum Gasteiger partial charge on any atom is -0.315 e. The molecule has 0 saturated heterocycles. The maximum atomic E-state index is 13.1. The van der Waals surface area contributed by atoms with Crippen molar-refractivity contribution < 1.29 is 9.59 Å². The Hall–Kier alpha value is -3.13. The Morgan fingerprint density at radius 2 is 1.77 bits per heavy atom. The zero-order chi connectivity index (χ0) is 25.8. The number of anilines is 2. The molecule has 1 aromatic heterocycles. The Labute approximate surface area is 216 Å². The fraction of sp³-hybridized carbons (Fsp3) is 0.370. The summed E-state index contributed by atoms with van der Waals surface area (Å²) < 4.78 is 2.61. The number of carbonyl (C=O) groups is 2. The van der Waals surface area contributed by atoms with Crippen molar-refractivity contribution in [3.63, 3.8) is 0 Å². The number of halogens is 1. The Kier molecular flexibility index (Phi) is 8.38. The molecule has 0 radical (unpaired) electrons. The van der Waals surface area contributed by atoms with Crippen molar-refractivity contribution >= 4 is 39.4 Å². The fourth-order valence-electron chi connectivity index (χ4n) is 3.58. The second-order valence-electron chi connectivity index (χ2n) is 10.2. The standard InChI is InChI=1S/C27H34BrN5O2/c1-18(2)16-32(26(35)29-21-11-8-10-20(28)14-21)17-25(34)30-24-15-23(27(4,5)6)31-33(24)22-12-7-9-19(3)13-22/h7-15,18H,16-17H2,1-6H3,(H,29,35)(H,30,34). The number of amides is 3. The summed E-state index contributed by atoms with van der Waals surface area (Å²) in [7, 11) is 0. The average molecular weight is 541 g/mol. The van der Waals surface area contributed by atoms with E-state index in [1.165, 1.54) is 4.90 Å². The number of urea groups is 1. The summed E-state index contributed by atoms with van der Waals surface area (Å²) in [4.78, 5) is 27.7. The van der Waals surface area contributed by atoms with Gasteiger partial charge in [-0.15, -0.1) is 0 Å². The van der Waals surface area contributed by atoms with Gasteiger partial charge in [0, 0.05) is 28.2 Å². The van der Waals surface area contributed by atoms with Crippen molar-refractivity contribution in [2.45, 2.75) is 47.0 Å². The van der Waals surface area contributed by atoms with Gasteiger partial charge in [0.25, 0.3) is 0 Å². The molecule has 0 spiro atoms. The highest BCUT2D eigenvalue weighted by Gasteiger charge is 2.23. The second-order valence-corrected chi connectivity index (χ2v) is 11.1. The van der Waals surface area contributed by atoms with E-state index in [2.05, 4.69) is 47.3 Å². The molecule has 0 unspecified atom stereocenters. The maximum absolute atomic E-state index is 13.1. The lowest BCUT2D eigenvalue weighted by Gasteiger charge is -2.24. The monoisotopic (exact) mass is 539 g/mol. The predicted molar refractivity (Wildman–Crippen MR) is 145 cm³/mol. The summed E-state index contributed by atoms with van der Waals surface area (Å²) in [6.07, 6.45) is 0. The molecule has 0 aliphatic carbocycles. The largest absolute Gasteiger partial charge is 0.322 e. The summed E-state index contributed by atoms with van der Waals surface area (Å²) in [5.41, 5.74) is 3.29. The van der Waals surface area contributed by atoms with Crippen LogP contribution in [0.15, 0.2) is 59.1 Å². The molecule has 2 N–H and O–H groups in total. The minimum absolute atomic E-state index is 0.0815. The van der Waals surface area contributed by atoms with Crippen LogP contribution in [0.2, 0.25) is 0 Å². The lowest BCUT2D eigenvalue weighted by atomic mass is 9.92. The summed E-state index contributed by atoms with van der Waals surface area (Å²) in [6.45, 7) is 12.6. The number of carbonyl (C=O) groups excluding carboxylic acids is 2. The SMILES string of the molecule is Cc1cccc(-n2nc(C(C)(C)C)cc2NC(=O)CN(CC(C)C)C(=O)Nc2cccc(Br)c2)c1. The topological polar surface area (TPSA) is 79.3 Å². The zero-order valence-corrected chi connectivity index (χ0v) is 22.8. The number of hydrogen-bond donors (Lipinski definition) is 2. The van der Waals surface area contributed by atoms with E-state index in [0.717, 1.165) is 21.4 Å². The predicted octanol–water partition coefficient (Wildman–Crippen LogP) is 6.37. The first-order valence-corrected chi connectivity index (χ1v) is 12.5. The number of aryl methyl sites for hydroxylation is 1. The van der Waals surface area contributed by atoms with Gasteiger partial charge in [0.2, 0.25) is 5.91 Å². The number of benzene rings is 2. The van der Waals surface area contributed by atoms with Crippen LogP contribution >= 0.6 is 15.9 Å². The third-order valence-electron chi connectivity index (χ3n) is 5.27. The van der Waals surface area contributed by atoms with Gasteiger partial charge < -0.3 is 15.5 Å². The van der Waals surface area contributed by atoms with Crippen molar-refractivity contribution in [1.29, 1.82) is 0 Å². The normalized spacial score (nSPS) is 11.4. The molecule has 0 bridgehead atoms. The molecule has 2 aromatic carbocycles. The molecular formula is C27H34BrN5O2. The molecule has 0 atom stereocenters. The molecule has 0 aliphatic heterocycles. The van der Waals surface area contributed by atoms with Crippen LogP contribution in [0.3, 0.4) is 0 Å². The van der Waals surface area contributed by atoms with Crippen LogP contribution in [0.4, 0.5) is 16.3 Å². The van der Waals surface area contributed by atoms with E-state index in [1.807, 2.05) is 75.4 Å². The first-order chi connectivity index (χ1) is 16.4. The molecule has 0 fully saturated rings. The van der Waals surface area contributed by atoms with Crippen molar-refractivity contribution in [1.82, 2.24) is 14.7 Å². The summed E-state index contributed by atoms with van der Waals surface area (Å²) >= 11 is 3.42. The first-order valence-electron chi connectivity index (χ1n) is 11.7. The molecule has 7 nitrogen and oxygen atoms in total. The molecule has 3 aromatic rings. The average Bonchev–Trinajstić information content (AvgIpc) is 3.17. The number of nitrogens with one attached hydrogen (secondary N) is 2. The van der Waals surface area contributed by atoms with Gasteiger partial charge in [-0.2, -0.15) is 5.10 Å². The van der Waals surface area contributed by atoms with E-state index in [1.54, 1.807) is 4.68 Å². The lowest BCUT2D eigenvalue weighted by molar-refractivity contribution is -0.116. The Balaban J connectivity index is 1.82. The minimum atomic E-state index is -0.325. The van der Waals surface area contributed by atoms with Crippen molar-refractivity contribution in [2.75, 3.05) is 23.7 Å². The second kappa shape index (κ2) is 11.1. The van der Waals surface area contributed by atoms with Gasteiger partial charge >= 0.3 is 6.03 Å². The Morgan fingerprint density at radius 1 is 1.06 bits per heavy atom. The molecule has 8 heteroatoms. The van der Waals surface area contributed by atoms with E-state index < -0.39 is 0 Å². The van der Waals surface area contributed by atoms with E-state index >= 15 is 0 Å². The van der Waals surface area contributed by atoms with E-state index in [0.29, 0.717) is 18.1 Å². The number of nitrogens with zero attached hydrogens (tertiary/aromatic N) is 3. The zero-order valence-electron chi connectivity index (χ0n) is 21.2. The maximum Gasteiger partial charge on any atom is 0.322 e. The van der Waals surface area contributed by atoms with E-state index in [9.17, 15) is 9.59 Å². The first kappa shape index (κ1) is 26.5. The Morgan fingerprint density at radius 3 is 2.40 bits per heavy atom. The van der Waals surface area contributed by atoms with Gasteiger partial charge in [0.15, 0.2) is 0 Å². The van der Waals surface area contributed by atoms with E-state index in [-0.39, 0.29) is 29.8 Å². The highest BCUT2D eigenvalue weighted by atomic mass is 79.9. The smallest absolute Gasteiger partial charge is 0.315 e. The van der Waals surface area contributed by atoms with Crippen LogP contribution in [0.1, 0.15) is 45.9 Å². The number of aromatic nitrogens is 2. The molecule has 186 valence electrons. The fourth-order valence-corrected chi connectivity index (χ4v) is 3.98. The Bertz CT molecular complexity index is 1200. The van der Waals surface area contributed by atoms with Crippen LogP contribution in [0.25, 0.3) is 5.69 Å². The van der Waals surface area contributed by atoms with Crippen LogP contribution in [-0.4, -0.2) is 39.7 Å². The molecular weight excluding hydrogens is 506 g/mol. The molecule has 3 amide bonds. The van der Waals surface area contributed by atoms with E-state index in [4.69, 9.17) is 5.10 Å². The molecule has 35 heavy (non-hydrogen) atoms. The van der Waals surface area contributed by atoms with Crippen LogP contribution in [-0.2, 0) is 10.2 Å². The summed E-state index contributed by atoms with van der Waals surface area (Å²) in [6, 6.07) is 16.9. The van der Waals surface area contributed by atoms with Crippen molar-refractivity contribution in [2.24, 2.45) is 5.92 Å². The molecule has 0 saturated carbocycles. The van der Waals surface area contributed by atoms with Crippen molar-refractivity contribution in [3.8, 4) is 5.69 Å². The van der Waals surface area contributed by atoms with Crippen LogP contribution < -0.4 is 10.6 Å². The van der Waals surface area contributed by atoms with Gasteiger partial charge in [0.05, 0.1) is 11.4 Å². The number of hydrogen-bond acceptors (Lipinski definition) is 3. The third kappa shape index (κ3) is 7.42. The lowest BCUT2D eigenvalue weighted by Crippen LogP contribution is -2.42. The van der Waals surface area contributed by atoms with Gasteiger partial charge in [-0.1, -0.05) is 68.7 Å². The summed E-state index contributed by atoms with van der Waals surface area (Å²) in [5, 5.41) is 10.6. The summed E-state index contributed by atoms with van der Waals surface area (Å²) in [5.74, 6) is 0.480. The molecule has 3 rings (SSSR count). The van der Waals surface area contributed by atoms with Gasteiger partial charge in [-0.05, 0) is 48.7 Å². The van der Waals surface area contributed by atoms with Gasteiger partial charge in [0.1, 0.15) is 12.4 Å². The third-order valence-corrected chi connectivity index (χ3v) is 5.77. The van der Waals surface area contributed by atoms with Crippen LogP contribution in [0.5, 0.6) is 0 Å². The van der Waals surface area contributed by atoms with Gasteiger partial charge in [-0.25, -0.2) is 9.48 Å².